The van der Waals surface area contributed by atoms with Crippen molar-refractivity contribution in [2.75, 3.05) is 24.5 Å². The Hall–Kier alpha value is -2.22. The summed E-state index contributed by atoms with van der Waals surface area (Å²) in [5, 5.41) is 0.710. The normalized spacial score (nSPS) is 19.8. The molecule has 0 N–H and O–H groups in total. The standard InChI is InChI=1S/C23H19BrClN3O2S/c24-16-6-7-18-17(10-16)23(14-28(18)21(29)11-20-26-12-19(25)31-20)8-9-27(13-23)22(30)15-4-2-1-3-5-15/h1-7,10,12H,8-9,11,13-14H2. The van der Waals surface area contributed by atoms with E-state index in [0.717, 1.165) is 22.1 Å². The number of amides is 2. The van der Waals surface area contributed by atoms with Gasteiger partial charge < -0.3 is 9.80 Å². The summed E-state index contributed by atoms with van der Waals surface area (Å²) in [7, 11) is 0. The van der Waals surface area contributed by atoms with Crippen LogP contribution in [0.2, 0.25) is 4.34 Å². The molecule has 5 nitrogen and oxygen atoms in total. The number of benzene rings is 2. The second-order valence-corrected chi connectivity index (χ2v) is 10.7. The molecule has 3 heterocycles. The van der Waals surface area contributed by atoms with E-state index < -0.39 is 0 Å². The van der Waals surface area contributed by atoms with E-state index in [4.69, 9.17) is 11.6 Å². The molecule has 2 aliphatic heterocycles. The minimum Gasteiger partial charge on any atom is -0.338 e. The van der Waals surface area contributed by atoms with Crippen molar-refractivity contribution < 1.29 is 9.59 Å². The third-order valence-corrected chi connectivity index (χ3v) is 7.68. The Morgan fingerprint density at radius 2 is 1.97 bits per heavy atom. The summed E-state index contributed by atoms with van der Waals surface area (Å²) in [5.41, 5.74) is 2.47. The quantitative estimate of drug-likeness (QED) is 0.496. The van der Waals surface area contributed by atoms with Gasteiger partial charge in [-0.2, -0.15) is 0 Å². The van der Waals surface area contributed by atoms with E-state index >= 15 is 0 Å². The predicted octanol–water partition coefficient (Wildman–Crippen LogP) is 4.93. The number of thiazole rings is 1. The highest BCUT2D eigenvalue weighted by Crippen LogP contribution is 2.47. The first kappa shape index (κ1) is 20.7. The van der Waals surface area contributed by atoms with E-state index in [0.29, 0.717) is 34.5 Å². The zero-order chi connectivity index (χ0) is 21.6. The fourth-order valence-corrected chi connectivity index (χ4v) is 5.93. The van der Waals surface area contributed by atoms with Gasteiger partial charge in [-0.1, -0.05) is 45.7 Å². The molecule has 1 fully saturated rings. The molecular weight excluding hydrogens is 498 g/mol. The summed E-state index contributed by atoms with van der Waals surface area (Å²) < 4.78 is 1.55. The summed E-state index contributed by atoms with van der Waals surface area (Å²) >= 11 is 10.9. The molecule has 0 saturated carbocycles. The number of rotatable bonds is 3. The lowest BCUT2D eigenvalue weighted by Gasteiger charge is -2.26. The molecule has 2 aromatic carbocycles. The maximum atomic E-state index is 13.2. The first-order chi connectivity index (χ1) is 14.9. The first-order valence-electron chi connectivity index (χ1n) is 10.0. The zero-order valence-corrected chi connectivity index (χ0v) is 19.7. The monoisotopic (exact) mass is 515 g/mol. The van der Waals surface area contributed by atoms with E-state index in [9.17, 15) is 9.59 Å². The Morgan fingerprint density at radius 1 is 1.16 bits per heavy atom. The Balaban J connectivity index is 1.43. The number of anilines is 1. The fourth-order valence-electron chi connectivity index (χ4n) is 4.62. The van der Waals surface area contributed by atoms with E-state index in [2.05, 4.69) is 27.0 Å². The molecule has 158 valence electrons. The highest BCUT2D eigenvalue weighted by Gasteiger charge is 2.49. The molecule has 0 radical (unpaired) electrons. The lowest BCUT2D eigenvalue weighted by molar-refractivity contribution is -0.118. The fraction of sp³-hybridized carbons (Fsp3) is 0.261. The number of carbonyl (C=O) groups excluding carboxylic acids is 2. The van der Waals surface area contributed by atoms with E-state index in [-0.39, 0.29) is 23.7 Å². The number of hydrogen-bond acceptors (Lipinski definition) is 4. The first-order valence-corrected chi connectivity index (χ1v) is 12.0. The van der Waals surface area contributed by atoms with Crippen LogP contribution in [0.4, 0.5) is 5.69 Å². The van der Waals surface area contributed by atoms with E-state index in [1.54, 1.807) is 6.20 Å². The number of halogens is 2. The van der Waals surface area contributed by atoms with Gasteiger partial charge in [0.15, 0.2) is 0 Å². The largest absolute Gasteiger partial charge is 0.338 e. The van der Waals surface area contributed by atoms with Crippen LogP contribution in [0, 0.1) is 0 Å². The van der Waals surface area contributed by atoms with Gasteiger partial charge in [-0.05, 0) is 42.3 Å². The molecule has 0 bridgehead atoms. The van der Waals surface area contributed by atoms with Crippen LogP contribution in [0.1, 0.15) is 27.3 Å². The van der Waals surface area contributed by atoms with Crippen LogP contribution in [-0.2, 0) is 16.6 Å². The Bertz CT molecular complexity index is 1170. The number of aromatic nitrogens is 1. The van der Waals surface area contributed by atoms with Gasteiger partial charge in [-0.15, -0.1) is 11.3 Å². The molecule has 2 amide bonds. The number of carbonyl (C=O) groups is 2. The van der Waals surface area contributed by atoms with Crippen molar-refractivity contribution in [1.82, 2.24) is 9.88 Å². The van der Waals surface area contributed by atoms with Gasteiger partial charge in [-0.25, -0.2) is 4.98 Å². The van der Waals surface area contributed by atoms with Crippen molar-refractivity contribution in [3.05, 3.63) is 79.7 Å². The zero-order valence-electron chi connectivity index (χ0n) is 16.6. The van der Waals surface area contributed by atoms with E-state index in [1.807, 2.05) is 52.3 Å². The van der Waals surface area contributed by atoms with Crippen molar-refractivity contribution >= 4 is 56.4 Å². The highest BCUT2D eigenvalue weighted by molar-refractivity contribution is 9.10. The molecule has 1 spiro atoms. The molecular formula is C23H19BrClN3O2S. The smallest absolute Gasteiger partial charge is 0.253 e. The van der Waals surface area contributed by atoms with Gasteiger partial charge in [0.2, 0.25) is 5.91 Å². The number of likely N-dealkylation sites (tertiary alicyclic amines) is 1. The van der Waals surface area contributed by atoms with Gasteiger partial charge >= 0.3 is 0 Å². The van der Waals surface area contributed by atoms with Gasteiger partial charge in [0.25, 0.3) is 5.91 Å². The Kier molecular flexibility index (Phi) is 5.36. The molecule has 2 aliphatic rings. The predicted molar refractivity (Wildman–Crippen MR) is 126 cm³/mol. The molecule has 1 saturated heterocycles. The van der Waals surface area contributed by atoms with Crippen LogP contribution in [0.25, 0.3) is 0 Å². The molecule has 0 aliphatic carbocycles. The van der Waals surface area contributed by atoms with Gasteiger partial charge in [-0.3, -0.25) is 9.59 Å². The maximum absolute atomic E-state index is 13.2. The van der Waals surface area contributed by atoms with Crippen LogP contribution < -0.4 is 4.90 Å². The molecule has 1 aromatic heterocycles. The van der Waals surface area contributed by atoms with Gasteiger partial charge in [0.05, 0.1) is 12.6 Å². The third kappa shape index (κ3) is 3.79. The number of nitrogens with zero attached hydrogens (tertiary/aromatic N) is 3. The minimum absolute atomic E-state index is 0.000648. The SMILES string of the molecule is O=C(c1ccccc1)N1CCC2(C1)CN(C(=O)Cc1ncc(Cl)s1)c1ccc(Br)cc12. The van der Waals surface area contributed by atoms with Crippen LogP contribution in [0.5, 0.6) is 0 Å². The van der Waals surface area contributed by atoms with E-state index in [1.165, 1.54) is 11.3 Å². The summed E-state index contributed by atoms with van der Waals surface area (Å²) in [4.78, 5) is 34.2. The lowest BCUT2D eigenvalue weighted by Crippen LogP contribution is -2.40. The average Bonchev–Trinajstić information content (AvgIpc) is 3.47. The highest BCUT2D eigenvalue weighted by atomic mass is 79.9. The summed E-state index contributed by atoms with van der Waals surface area (Å²) in [6.07, 6.45) is 2.62. The molecule has 3 aromatic rings. The third-order valence-electron chi connectivity index (χ3n) is 6.07. The van der Waals surface area contributed by atoms with Gasteiger partial charge in [0.1, 0.15) is 9.34 Å². The molecule has 1 unspecified atom stereocenters. The summed E-state index contributed by atoms with van der Waals surface area (Å²) in [5.74, 6) is 0.0375. The average molecular weight is 517 g/mol. The van der Waals surface area contributed by atoms with Crippen molar-refractivity contribution in [2.24, 2.45) is 0 Å². The maximum Gasteiger partial charge on any atom is 0.253 e. The van der Waals surface area contributed by atoms with Crippen molar-refractivity contribution in [3.8, 4) is 0 Å². The molecule has 31 heavy (non-hydrogen) atoms. The number of fused-ring (bicyclic) bond motifs is 2. The van der Waals surface area contributed by atoms with Crippen molar-refractivity contribution in [1.29, 1.82) is 0 Å². The lowest BCUT2D eigenvalue weighted by atomic mass is 9.81. The van der Waals surface area contributed by atoms with Crippen molar-refractivity contribution in [2.45, 2.75) is 18.3 Å². The van der Waals surface area contributed by atoms with Crippen LogP contribution in [0.3, 0.4) is 0 Å². The summed E-state index contributed by atoms with van der Waals surface area (Å²) in [6, 6.07) is 15.4. The number of hydrogen-bond donors (Lipinski definition) is 0. The second kappa shape index (κ2) is 8.04. The topological polar surface area (TPSA) is 53.5 Å². The minimum atomic E-state index is -0.264. The van der Waals surface area contributed by atoms with Crippen LogP contribution >= 0.6 is 38.9 Å². The van der Waals surface area contributed by atoms with Crippen LogP contribution in [0.15, 0.2) is 59.2 Å². The van der Waals surface area contributed by atoms with Crippen molar-refractivity contribution in [3.63, 3.8) is 0 Å². The Morgan fingerprint density at radius 3 is 2.71 bits per heavy atom. The Labute approximate surface area is 197 Å². The molecule has 5 rings (SSSR count). The molecule has 8 heteroatoms. The van der Waals surface area contributed by atoms with Gasteiger partial charge in [0, 0.05) is 40.8 Å². The second-order valence-electron chi connectivity index (χ2n) is 8.00. The summed E-state index contributed by atoms with van der Waals surface area (Å²) in [6.45, 7) is 1.83. The van der Waals surface area contributed by atoms with Crippen LogP contribution in [-0.4, -0.2) is 41.3 Å². The molecule has 1 atom stereocenters.